The maximum atomic E-state index is 13.1. The monoisotopic (exact) mass is 360 g/mol. The van der Waals surface area contributed by atoms with Crippen LogP contribution < -0.4 is 5.32 Å². The Balaban J connectivity index is 1.71. The lowest BCUT2D eigenvalue weighted by molar-refractivity contribution is -0.117. The summed E-state index contributed by atoms with van der Waals surface area (Å²) in [6, 6.07) is 17.6. The van der Waals surface area contributed by atoms with Gasteiger partial charge in [0.1, 0.15) is 17.5 Å². The van der Waals surface area contributed by atoms with E-state index in [0.717, 1.165) is 5.56 Å². The molecule has 0 aliphatic carbocycles. The highest BCUT2D eigenvalue weighted by Gasteiger charge is 2.12. The maximum absolute atomic E-state index is 13.1. The number of nitriles is 1. The molecule has 5 nitrogen and oxygen atoms in total. The van der Waals surface area contributed by atoms with Gasteiger partial charge in [-0.25, -0.2) is 4.39 Å². The van der Waals surface area contributed by atoms with Crippen molar-refractivity contribution in [2.45, 2.75) is 6.42 Å². The van der Waals surface area contributed by atoms with Crippen LogP contribution in [0.25, 0.3) is 17.3 Å². The second-order valence-corrected chi connectivity index (χ2v) is 5.87. The second-order valence-electron chi connectivity index (χ2n) is 5.87. The van der Waals surface area contributed by atoms with E-state index < -0.39 is 5.91 Å². The summed E-state index contributed by atoms with van der Waals surface area (Å²) in [6.45, 7) is 0.429. The molecule has 1 amide bonds. The first-order valence-corrected chi connectivity index (χ1v) is 8.40. The van der Waals surface area contributed by atoms with E-state index >= 15 is 0 Å². The highest BCUT2D eigenvalue weighted by Crippen LogP contribution is 2.23. The molecule has 134 valence electrons. The maximum Gasteiger partial charge on any atom is 0.261 e. The van der Waals surface area contributed by atoms with Gasteiger partial charge in [0.15, 0.2) is 0 Å². The summed E-state index contributed by atoms with van der Waals surface area (Å²) in [7, 11) is 0. The van der Waals surface area contributed by atoms with Crippen molar-refractivity contribution in [3.63, 3.8) is 0 Å². The van der Waals surface area contributed by atoms with Crippen molar-refractivity contribution < 1.29 is 9.18 Å². The molecule has 0 radical (unpaired) electrons. The van der Waals surface area contributed by atoms with E-state index in [1.54, 1.807) is 12.1 Å². The van der Waals surface area contributed by atoms with Crippen molar-refractivity contribution in [2.24, 2.45) is 0 Å². The molecule has 6 heteroatoms. The van der Waals surface area contributed by atoms with E-state index in [2.05, 4.69) is 15.5 Å². The number of nitrogens with zero attached hydrogens (tertiary/aromatic N) is 2. The van der Waals surface area contributed by atoms with Gasteiger partial charge in [-0.3, -0.25) is 9.89 Å². The standard InChI is InChI=1S/C21H17FN4O/c22-19-8-6-16(7-9-19)20-18(14-25-26-20)12-17(13-23)21(27)24-11-10-15-4-2-1-3-5-15/h1-9,12,14H,10-11H2,(H,24,27)(H,25,26)/b17-12+. The molecule has 0 fully saturated rings. The molecule has 0 spiro atoms. The molecule has 0 aliphatic rings. The number of halogens is 1. The van der Waals surface area contributed by atoms with Crippen molar-refractivity contribution in [1.29, 1.82) is 5.26 Å². The zero-order valence-electron chi connectivity index (χ0n) is 14.4. The number of carbonyl (C=O) groups is 1. The lowest BCUT2D eigenvalue weighted by Crippen LogP contribution is -2.26. The van der Waals surface area contributed by atoms with Gasteiger partial charge in [-0.1, -0.05) is 30.3 Å². The number of aromatic amines is 1. The fraction of sp³-hybridized carbons (Fsp3) is 0.0952. The third-order valence-electron chi connectivity index (χ3n) is 4.01. The van der Waals surface area contributed by atoms with Crippen molar-refractivity contribution >= 4 is 12.0 Å². The summed E-state index contributed by atoms with van der Waals surface area (Å²) >= 11 is 0. The Bertz CT molecular complexity index is 985. The Morgan fingerprint density at radius 1 is 1.19 bits per heavy atom. The van der Waals surface area contributed by atoms with Crippen LogP contribution in [0, 0.1) is 17.1 Å². The van der Waals surface area contributed by atoms with Gasteiger partial charge < -0.3 is 5.32 Å². The van der Waals surface area contributed by atoms with Gasteiger partial charge in [-0.15, -0.1) is 0 Å². The lowest BCUT2D eigenvalue weighted by atomic mass is 10.1. The quantitative estimate of drug-likeness (QED) is 0.522. The number of nitrogens with one attached hydrogen (secondary N) is 2. The zero-order chi connectivity index (χ0) is 19.1. The molecule has 0 bridgehead atoms. The Morgan fingerprint density at radius 2 is 1.93 bits per heavy atom. The number of rotatable bonds is 6. The second kappa shape index (κ2) is 8.59. The van der Waals surface area contributed by atoms with Gasteiger partial charge in [0.05, 0.1) is 11.9 Å². The molecule has 0 saturated carbocycles. The third kappa shape index (κ3) is 4.67. The first-order chi connectivity index (χ1) is 13.2. The lowest BCUT2D eigenvalue weighted by Gasteiger charge is -2.05. The molecular weight excluding hydrogens is 343 g/mol. The minimum absolute atomic E-state index is 0.0205. The first-order valence-electron chi connectivity index (χ1n) is 8.40. The van der Waals surface area contributed by atoms with E-state index in [0.29, 0.717) is 29.8 Å². The van der Waals surface area contributed by atoms with Crippen molar-refractivity contribution in [1.82, 2.24) is 15.5 Å². The van der Waals surface area contributed by atoms with E-state index in [-0.39, 0.29) is 11.4 Å². The molecule has 3 aromatic rings. The van der Waals surface area contributed by atoms with Gasteiger partial charge in [0.2, 0.25) is 0 Å². The molecule has 0 atom stereocenters. The predicted octanol–water partition coefficient (Wildman–Crippen LogP) is 3.48. The van der Waals surface area contributed by atoms with Crippen LogP contribution in [0.5, 0.6) is 0 Å². The summed E-state index contributed by atoms with van der Waals surface area (Å²) in [5.41, 5.74) is 2.99. The highest BCUT2D eigenvalue weighted by atomic mass is 19.1. The summed E-state index contributed by atoms with van der Waals surface area (Å²) in [5, 5.41) is 18.9. The van der Waals surface area contributed by atoms with Gasteiger partial charge >= 0.3 is 0 Å². The largest absolute Gasteiger partial charge is 0.351 e. The van der Waals surface area contributed by atoms with E-state index in [9.17, 15) is 14.4 Å². The van der Waals surface area contributed by atoms with Gasteiger partial charge in [0, 0.05) is 17.7 Å². The van der Waals surface area contributed by atoms with Crippen molar-refractivity contribution in [3.8, 4) is 17.3 Å². The summed E-state index contributed by atoms with van der Waals surface area (Å²) < 4.78 is 13.1. The smallest absolute Gasteiger partial charge is 0.261 e. The Labute approximate surface area is 156 Å². The molecule has 3 rings (SSSR count). The van der Waals surface area contributed by atoms with Crippen LogP contribution in [-0.2, 0) is 11.2 Å². The van der Waals surface area contributed by atoms with Crippen LogP contribution in [0.3, 0.4) is 0 Å². The summed E-state index contributed by atoms with van der Waals surface area (Å²) in [5.74, 6) is -0.787. The summed E-state index contributed by atoms with van der Waals surface area (Å²) in [6.07, 6.45) is 3.67. The van der Waals surface area contributed by atoms with E-state index in [4.69, 9.17) is 0 Å². The van der Waals surface area contributed by atoms with Crippen LogP contribution in [-0.4, -0.2) is 22.6 Å². The molecule has 1 heterocycles. The molecular formula is C21H17FN4O. The molecule has 1 aromatic heterocycles. The summed E-state index contributed by atoms with van der Waals surface area (Å²) in [4.78, 5) is 12.3. The number of hydrogen-bond acceptors (Lipinski definition) is 3. The molecule has 2 N–H and O–H groups in total. The minimum Gasteiger partial charge on any atom is -0.351 e. The Hall–Kier alpha value is -3.72. The number of carbonyl (C=O) groups excluding carboxylic acids is 1. The predicted molar refractivity (Wildman–Crippen MR) is 101 cm³/mol. The van der Waals surface area contributed by atoms with Crippen LogP contribution in [0.1, 0.15) is 11.1 Å². The molecule has 0 saturated heterocycles. The molecule has 2 aromatic carbocycles. The van der Waals surface area contributed by atoms with E-state index in [1.807, 2.05) is 36.4 Å². The van der Waals surface area contributed by atoms with E-state index in [1.165, 1.54) is 24.4 Å². The van der Waals surface area contributed by atoms with Crippen LogP contribution in [0.15, 0.2) is 66.4 Å². The SMILES string of the molecule is N#C/C(=C\c1cn[nH]c1-c1ccc(F)cc1)C(=O)NCCc1ccccc1. The first kappa shape index (κ1) is 18.1. The minimum atomic E-state index is -0.445. The third-order valence-corrected chi connectivity index (χ3v) is 4.01. The fourth-order valence-corrected chi connectivity index (χ4v) is 2.62. The van der Waals surface area contributed by atoms with Crippen LogP contribution in [0.2, 0.25) is 0 Å². The highest BCUT2D eigenvalue weighted by molar-refractivity contribution is 6.02. The number of aromatic nitrogens is 2. The molecule has 0 unspecified atom stereocenters. The van der Waals surface area contributed by atoms with Gasteiger partial charge in [-0.2, -0.15) is 10.4 Å². The fourth-order valence-electron chi connectivity index (χ4n) is 2.62. The molecule has 27 heavy (non-hydrogen) atoms. The average molecular weight is 360 g/mol. The Morgan fingerprint density at radius 3 is 2.63 bits per heavy atom. The van der Waals surface area contributed by atoms with Crippen molar-refractivity contribution in [3.05, 3.63) is 83.3 Å². The van der Waals surface area contributed by atoms with Gasteiger partial charge in [-0.05, 0) is 42.3 Å². The van der Waals surface area contributed by atoms with Gasteiger partial charge in [0.25, 0.3) is 5.91 Å². The Kier molecular flexibility index (Phi) is 5.75. The number of benzene rings is 2. The van der Waals surface area contributed by atoms with Crippen LogP contribution >= 0.6 is 0 Å². The molecule has 0 aliphatic heterocycles. The van der Waals surface area contributed by atoms with Crippen LogP contribution in [0.4, 0.5) is 4.39 Å². The zero-order valence-corrected chi connectivity index (χ0v) is 14.4. The normalized spacial score (nSPS) is 11.0. The number of hydrogen-bond donors (Lipinski definition) is 2. The number of amides is 1. The average Bonchev–Trinajstić information content (AvgIpc) is 3.15. The topological polar surface area (TPSA) is 81.6 Å². The van der Waals surface area contributed by atoms with Crippen molar-refractivity contribution in [2.75, 3.05) is 6.54 Å². The number of H-pyrrole nitrogens is 1.